The second-order valence-electron chi connectivity index (χ2n) is 5.39. The van der Waals surface area contributed by atoms with E-state index in [4.69, 9.17) is 23.2 Å². The Bertz CT molecular complexity index is 415. The van der Waals surface area contributed by atoms with Gasteiger partial charge in [0, 0.05) is 0 Å². The molecule has 2 atom stereocenters. The van der Waals surface area contributed by atoms with E-state index in [1.807, 2.05) is 12.1 Å². The molecular formula is C14H19Cl2N. The van der Waals surface area contributed by atoms with Crippen LogP contribution in [0.25, 0.3) is 0 Å². The van der Waals surface area contributed by atoms with Crippen molar-refractivity contribution in [2.45, 2.75) is 26.7 Å². The Kier molecular flexibility index (Phi) is 3.72. The van der Waals surface area contributed by atoms with Crippen LogP contribution < -0.4 is 5.32 Å². The maximum Gasteiger partial charge on any atom is 0.0595 e. The van der Waals surface area contributed by atoms with Crippen LogP contribution in [0.3, 0.4) is 0 Å². The molecule has 1 fully saturated rings. The number of hydrogen-bond donors (Lipinski definition) is 1. The summed E-state index contributed by atoms with van der Waals surface area (Å²) in [6, 6.07) is 6.02. The van der Waals surface area contributed by atoms with Crippen molar-refractivity contribution < 1.29 is 0 Å². The Morgan fingerprint density at radius 2 is 1.94 bits per heavy atom. The van der Waals surface area contributed by atoms with Crippen molar-refractivity contribution in [2.75, 3.05) is 13.1 Å². The molecule has 0 aromatic heterocycles. The van der Waals surface area contributed by atoms with Gasteiger partial charge < -0.3 is 5.32 Å². The van der Waals surface area contributed by atoms with Gasteiger partial charge >= 0.3 is 0 Å². The minimum atomic E-state index is 0.360. The first-order valence-corrected chi connectivity index (χ1v) is 6.89. The maximum atomic E-state index is 6.08. The SMILES string of the molecule is CCNCC1C(c2ccc(Cl)c(Cl)c2)C1(C)C. The van der Waals surface area contributed by atoms with Gasteiger partial charge in [-0.15, -0.1) is 0 Å². The van der Waals surface area contributed by atoms with Crippen molar-refractivity contribution in [1.82, 2.24) is 5.32 Å². The van der Waals surface area contributed by atoms with Crippen LogP contribution >= 0.6 is 23.2 Å². The van der Waals surface area contributed by atoms with Crippen LogP contribution in [0.5, 0.6) is 0 Å². The summed E-state index contributed by atoms with van der Waals surface area (Å²) in [6.07, 6.45) is 0. The predicted molar refractivity (Wildman–Crippen MR) is 75.0 cm³/mol. The van der Waals surface area contributed by atoms with Gasteiger partial charge in [-0.3, -0.25) is 0 Å². The van der Waals surface area contributed by atoms with Crippen molar-refractivity contribution in [3.63, 3.8) is 0 Å². The Hall–Kier alpha value is -0.240. The molecule has 17 heavy (non-hydrogen) atoms. The third-order valence-corrected chi connectivity index (χ3v) is 4.71. The Balaban J connectivity index is 2.15. The van der Waals surface area contributed by atoms with E-state index in [0.717, 1.165) is 13.1 Å². The zero-order valence-corrected chi connectivity index (χ0v) is 12.1. The van der Waals surface area contributed by atoms with E-state index in [2.05, 4.69) is 32.2 Å². The molecule has 0 saturated heterocycles. The highest BCUT2D eigenvalue weighted by Crippen LogP contribution is 2.64. The van der Waals surface area contributed by atoms with Crippen LogP contribution in [0, 0.1) is 11.3 Å². The molecule has 0 heterocycles. The van der Waals surface area contributed by atoms with Gasteiger partial charge in [-0.1, -0.05) is 50.0 Å². The summed E-state index contributed by atoms with van der Waals surface area (Å²) in [5.41, 5.74) is 1.67. The summed E-state index contributed by atoms with van der Waals surface area (Å²) >= 11 is 12.0. The molecule has 0 spiro atoms. The number of hydrogen-bond acceptors (Lipinski definition) is 1. The number of nitrogens with one attached hydrogen (secondary N) is 1. The monoisotopic (exact) mass is 271 g/mol. The lowest BCUT2D eigenvalue weighted by Crippen LogP contribution is -2.17. The minimum absolute atomic E-state index is 0.360. The molecule has 2 rings (SSSR count). The summed E-state index contributed by atoms with van der Waals surface area (Å²) < 4.78 is 0. The Labute approximate surface area is 114 Å². The van der Waals surface area contributed by atoms with Gasteiger partial charge in [0.1, 0.15) is 0 Å². The lowest BCUT2D eigenvalue weighted by Gasteiger charge is -2.04. The number of benzene rings is 1. The molecule has 1 saturated carbocycles. The zero-order chi connectivity index (χ0) is 12.6. The van der Waals surface area contributed by atoms with Crippen LogP contribution in [0.4, 0.5) is 0 Å². The van der Waals surface area contributed by atoms with Gasteiger partial charge in [0.25, 0.3) is 0 Å². The summed E-state index contributed by atoms with van der Waals surface area (Å²) in [6.45, 7) is 8.89. The highest BCUT2D eigenvalue weighted by atomic mass is 35.5. The lowest BCUT2D eigenvalue weighted by atomic mass is 10.0. The molecule has 1 aliphatic rings. The number of rotatable bonds is 4. The van der Waals surface area contributed by atoms with E-state index in [-0.39, 0.29) is 0 Å². The summed E-state index contributed by atoms with van der Waals surface area (Å²) in [5.74, 6) is 1.29. The first kappa shape index (κ1) is 13.2. The van der Waals surface area contributed by atoms with Crippen LogP contribution in [-0.2, 0) is 0 Å². The first-order valence-electron chi connectivity index (χ1n) is 6.14. The van der Waals surface area contributed by atoms with Gasteiger partial charge in [-0.05, 0) is 48.0 Å². The first-order chi connectivity index (χ1) is 7.98. The molecular weight excluding hydrogens is 253 g/mol. The zero-order valence-electron chi connectivity index (χ0n) is 10.6. The normalized spacial score (nSPS) is 25.9. The fourth-order valence-electron chi connectivity index (χ4n) is 2.79. The molecule has 0 radical (unpaired) electrons. The second-order valence-corrected chi connectivity index (χ2v) is 6.20. The minimum Gasteiger partial charge on any atom is -0.317 e. The van der Waals surface area contributed by atoms with E-state index in [1.165, 1.54) is 5.56 Å². The van der Waals surface area contributed by atoms with Crippen molar-refractivity contribution in [3.05, 3.63) is 33.8 Å². The van der Waals surface area contributed by atoms with Gasteiger partial charge in [0.05, 0.1) is 10.0 Å². The van der Waals surface area contributed by atoms with Gasteiger partial charge in [0.2, 0.25) is 0 Å². The van der Waals surface area contributed by atoms with E-state index >= 15 is 0 Å². The van der Waals surface area contributed by atoms with Crippen LogP contribution in [-0.4, -0.2) is 13.1 Å². The molecule has 0 bridgehead atoms. The van der Waals surface area contributed by atoms with E-state index in [9.17, 15) is 0 Å². The number of halogens is 2. The molecule has 94 valence electrons. The highest BCUT2D eigenvalue weighted by molar-refractivity contribution is 6.42. The molecule has 0 aliphatic heterocycles. The van der Waals surface area contributed by atoms with Gasteiger partial charge in [-0.25, -0.2) is 0 Å². The maximum absolute atomic E-state index is 6.08. The third-order valence-electron chi connectivity index (χ3n) is 3.97. The molecule has 1 aliphatic carbocycles. The topological polar surface area (TPSA) is 12.0 Å². The van der Waals surface area contributed by atoms with Crippen LogP contribution in [0.15, 0.2) is 18.2 Å². The highest BCUT2D eigenvalue weighted by Gasteiger charge is 2.57. The third kappa shape index (κ3) is 2.47. The molecule has 1 nitrogen and oxygen atoms in total. The van der Waals surface area contributed by atoms with Gasteiger partial charge in [0.15, 0.2) is 0 Å². The lowest BCUT2D eigenvalue weighted by molar-refractivity contribution is 0.525. The summed E-state index contributed by atoms with van der Waals surface area (Å²) in [7, 11) is 0. The van der Waals surface area contributed by atoms with E-state index in [1.54, 1.807) is 0 Å². The summed E-state index contributed by atoms with van der Waals surface area (Å²) in [4.78, 5) is 0. The molecule has 1 N–H and O–H groups in total. The van der Waals surface area contributed by atoms with E-state index < -0.39 is 0 Å². The van der Waals surface area contributed by atoms with Crippen molar-refractivity contribution in [2.24, 2.45) is 11.3 Å². The average Bonchev–Trinajstić information content (AvgIpc) is 2.82. The molecule has 3 heteroatoms. The molecule has 2 unspecified atom stereocenters. The average molecular weight is 272 g/mol. The quantitative estimate of drug-likeness (QED) is 0.859. The Morgan fingerprint density at radius 1 is 1.24 bits per heavy atom. The largest absolute Gasteiger partial charge is 0.317 e. The molecule has 0 amide bonds. The fourth-order valence-corrected chi connectivity index (χ4v) is 3.10. The van der Waals surface area contributed by atoms with E-state index in [0.29, 0.717) is 27.3 Å². The smallest absolute Gasteiger partial charge is 0.0595 e. The van der Waals surface area contributed by atoms with Crippen LogP contribution in [0.2, 0.25) is 10.0 Å². The standard InChI is InChI=1S/C14H19Cl2N/c1-4-17-8-10-13(14(10,2)3)9-5-6-11(15)12(16)7-9/h5-7,10,13,17H,4,8H2,1-3H3. The van der Waals surface area contributed by atoms with Gasteiger partial charge in [-0.2, -0.15) is 0 Å². The molecule has 1 aromatic carbocycles. The Morgan fingerprint density at radius 3 is 2.53 bits per heavy atom. The van der Waals surface area contributed by atoms with Crippen molar-refractivity contribution in [1.29, 1.82) is 0 Å². The van der Waals surface area contributed by atoms with Crippen molar-refractivity contribution in [3.8, 4) is 0 Å². The molecule has 1 aromatic rings. The van der Waals surface area contributed by atoms with Crippen molar-refractivity contribution >= 4 is 23.2 Å². The van der Waals surface area contributed by atoms with Crippen LogP contribution in [0.1, 0.15) is 32.3 Å². The predicted octanol–water partition coefficient (Wildman–Crippen LogP) is 4.34. The fraction of sp³-hybridized carbons (Fsp3) is 0.571. The second kappa shape index (κ2) is 4.79. The summed E-state index contributed by atoms with van der Waals surface area (Å²) in [5, 5.41) is 4.73.